The second-order valence-corrected chi connectivity index (χ2v) is 11.4. The van der Waals surface area contributed by atoms with Gasteiger partial charge in [0.2, 0.25) is 5.91 Å². The van der Waals surface area contributed by atoms with Crippen molar-refractivity contribution < 1.29 is 27.3 Å². The van der Waals surface area contributed by atoms with Crippen LogP contribution in [-0.2, 0) is 10.3 Å². The Morgan fingerprint density at radius 3 is 2.44 bits per heavy atom. The van der Waals surface area contributed by atoms with Crippen molar-refractivity contribution in [3.05, 3.63) is 71.4 Å². The molecule has 3 fully saturated rings. The van der Waals surface area contributed by atoms with Crippen molar-refractivity contribution in [3.8, 4) is 11.3 Å². The van der Waals surface area contributed by atoms with Crippen molar-refractivity contribution in [1.82, 2.24) is 25.7 Å². The molecule has 0 bridgehead atoms. The molecule has 6 rings (SSSR count). The summed E-state index contributed by atoms with van der Waals surface area (Å²) in [7, 11) is 0. The van der Waals surface area contributed by atoms with E-state index in [1.165, 1.54) is 19.3 Å². The second kappa shape index (κ2) is 11.3. The van der Waals surface area contributed by atoms with E-state index in [2.05, 4.69) is 25.7 Å². The van der Waals surface area contributed by atoms with E-state index in [0.29, 0.717) is 31.1 Å². The largest absolute Gasteiger partial charge is 0.355 e. The van der Waals surface area contributed by atoms with Crippen molar-refractivity contribution in [2.24, 2.45) is 5.92 Å². The number of hydrogen-bond acceptors (Lipinski definition) is 6. The Balaban J connectivity index is 1.20. The van der Waals surface area contributed by atoms with E-state index in [9.17, 15) is 22.8 Å². The Bertz CT molecular complexity index is 1400. The molecule has 1 saturated heterocycles. The van der Waals surface area contributed by atoms with Crippen LogP contribution in [-0.4, -0.2) is 52.0 Å². The number of piperidine rings is 1. The maximum absolute atomic E-state index is 14.3. The predicted octanol–water partition coefficient (Wildman–Crippen LogP) is 4.71. The summed E-state index contributed by atoms with van der Waals surface area (Å²) < 4.78 is 46.9. The van der Waals surface area contributed by atoms with Gasteiger partial charge >= 0.3 is 0 Å². The van der Waals surface area contributed by atoms with E-state index < -0.39 is 46.4 Å². The van der Waals surface area contributed by atoms with Crippen molar-refractivity contribution in [2.75, 3.05) is 13.1 Å². The molecular weight excluding hydrogens is 535 g/mol. The number of nitrogens with one attached hydrogen (secondary N) is 2. The Kier molecular flexibility index (Phi) is 7.54. The van der Waals surface area contributed by atoms with Crippen molar-refractivity contribution >= 4 is 11.8 Å². The molecule has 3 aromatic rings. The topological polar surface area (TPSA) is 100 Å². The average Bonchev–Trinajstić information content (AvgIpc) is 3.59. The summed E-state index contributed by atoms with van der Waals surface area (Å²) >= 11 is 0. The lowest BCUT2D eigenvalue weighted by Gasteiger charge is -2.43. The van der Waals surface area contributed by atoms with Crippen molar-refractivity contribution in [2.45, 2.75) is 69.0 Å². The number of likely N-dealkylation sites (tertiary alicyclic amines) is 1. The SMILES string of the molecule is O=C(N[C@H]1CCN(C2CCCCC2)C[C@@H]1C(=O)NC1(c2ccccn2)CC1)c1cc(-c2c(F)cc(F)cc2F)on1. The zero-order valence-corrected chi connectivity index (χ0v) is 22.5. The van der Waals surface area contributed by atoms with Gasteiger partial charge in [0.25, 0.3) is 5.91 Å². The molecule has 3 aliphatic rings. The number of benzene rings is 1. The number of amides is 2. The first-order chi connectivity index (χ1) is 19.8. The lowest BCUT2D eigenvalue weighted by atomic mass is 9.86. The molecule has 1 aliphatic heterocycles. The van der Waals surface area contributed by atoms with Gasteiger partial charge in [0, 0.05) is 49.6 Å². The van der Waals surface area contributed by atoms with Gasteiger partial charge in [-0.1, -0.05) is 30.5 Å². The van der Waals surface area contributed by atoms with Crippen LogP contribution in [0.15, 0.2) is 47.1 Å². The molecule has 2 saturated carbocycles. The van der Waals surface area contributed by atoms with Gasteiger partial charge in [-0.15, -0.1) is 0 Å². The summed E-state index contributed by atoms with van der Waals surface area (Å²) in [4.78, 5) is 33.9. The fourth-order valence-corrected chi connectivity index (χ4v) is 6.26. The fraction of sp³-hybridized carbons (Fsp3) is 0.467. The van der Waals surface area contributed by atoms with Gasteiger partial charge in [0.05, 0.1) is 22.7 Å². The van der Waals surface area contributed by atoms with Gasteiger partial charge in [-0.2, -0.15) is 0 Å². The highest BCUT2D eigenvalue weighted by atomic mass is 19.1. The molecule has 11 heteroatoms. The third-order valence-electron chi connectivity index (χ3n) is 8.65. The Labute approximate surface area is 235 Å². The van der Waals surface area contributed by atoms with Crippen molar-refractivity contribution in [3.63, 3.8) is 0 Å². The van der Waals surface area contributed by atoms with Gasteiger partial charge in [-0.05, 0) is 44.2 Å². The normalized spacial score (nSPS) is 22.7. The lowest BCUT2D eigenvalue weighted by Crippen LogP contribution is -2.58. The third kappa shape index (κ3) is 5.72. The molecule has 0 spiro atoms. The summed E-state index contributed by atoms with van der Waals surface area (Å²) in [5, 5.41) is 9.86. The molecule has 216 valence electrons. The highest BCUT2D eigenvalue weighted by Crippen LogP contribution is 2.45. The molecule has 2 atom stereocenters. The first kappa shape index (κ1) is 27.4. The van der Waals surface area contributed by atoms with E-state index in [1.54, 1.807) is 6.20 Å². The molecule has 2 amide bonds. The molecule has 8 nitrogen and oxygen atoms in total. The maximum Gasteiger partial charge on any atom is 0.273 e. The third-order valence-corrected chi connectivity index (χ3v) is 8.65. The van der Waals surface area contributed by atoms with Crippen LogP contribution in [0.5, 0.6) is 0 Å². The Morgan fingerprint density at radius 2 is 1.76 bits per heavy atom. The number of pyridine rings is 1. The monoisotopic (exact) mass is 567 g/mol. The van der Waals surface area contributed by atoms with Gasteiger partial charge < -0.3 is 15.2 Å². The van der Waals surface area contributed by atoms with E-state index >= 15 is 0 Å². The zero-order valence-electron chi connectivity index (χ0n) is 22.5. The highest BCUT2D eigenvalue weighted by molar-refractivity contribution is 5.94. The number of halogens is 3. The number of nitrogens with zero attached hydrogens (tertiary/aromatic N) is 3. The zero-order chi connectivity index (χ0) is 28.6. The summed E-state index contributed by atoms with van der Waals surface area (Å²) in [5.74, 6) is -5.02. The summed E-state index contributed by atoms with van der Waals surface area (Å²) in [6.07, 6.45) is 9.63. The van der Waals surface area contributed by atoms with Crippen LogP contribution in [0.25, 0.3) is 11.3 Å². The molecular formula is C30H32F3N5O3. The molecule has 1 aromatic carbocycles. The van der Waals surface area contributed by atoms with Crippen LogP contribution in [0.1, 0.15) is 67.5 Å². The van der Waals surface area contributed by atoms with Crippen LogP contribution in [0, 0.1) is 23.4 Å². The molecule has 41 heavy (non-hydrogen) atoms. The standard InChI is InChI=1S/C30H32F3N5O3/c31-18-14-21(32)27(22(33)15-18)25-16-24(37-41-25)29(40)35-23-9-13-38(19-6-2-1-3-7-19)17-20(23)28(39)36-30(10-11-30)26-8-4-5-12-34-26/h4-5,8,12,14-16,19-20,23H,1-3,6-7,9-11,13,17H2,(H,35,40)(H,36,39)/t20-,23-/m0/s1. The predicted molar refractivity (Wildman–Crippen MR) is 143 cm³/mol. The summed E-state index contributed by atoms with van der Waals surface area (Å²) in [6.45, 7) is 1.25. The van der Waals surface area contributed by atoms with Gasteiger partial charge in [-0.3, -0.25) is 19.5 Å². The minimum atomic E-state index is -1.17. The fourth-order valence-electron chi connectivity index (χ4n) is 6.26. The van der Waals surface area contributed by atoms with Gasteiger partial charge in [-0.25, -0.2) is 13.2 Å². The molecule has 0 radical (unpaired) electrons. The van der Waals surface area contributed by atoms with Crippen LogP contribution in [0.3, 0.4) is 0 Å². The van der Waals surface area contributed by atoms with E-state index in [0.717, 1.165) is 44.0 Å². The first-order valence-electron chi connectivity index (χ1n) is 14.2. The molecule has 3 heterocycles. The maximum atomic E-state index is 14.3. The minimum absolute atomic E-state index is 0.143. The van der Waals surface area contributed by atoms with E-state index in [1.807, 2.05) is 18.2 Å². The summed E-state index contributed by atoms with van der Waals surface area (Å²) in [6, 6.07) is 7.76. The second-order valence-electron chi connectivity index (χ2n) is 11.4. The van der Waals surface area contributed by atoms with E-state index in [4.69, 9.17) is 4.52 Å². The quantitative estimate of drug-likeness (QED) is 0.429. The minimum Gasteiger partial charge on any atom is -0.355 e. The molecule has 0 unspecified atom stereocenters. The summed E-state index contributed by atoms with van der Waals surface area (Å²) in [5.41, 5.74) is -0.474. The van der Waals surface area contributed by atoms with Crippen molar-refractivity contribution in [1.29, 1.82) is 0 Å². The highest BCUT2D eigenvalue weighted by Gasteiger charge is 2.49. The van der Waals surface area contributed by atoms with Gasteiger partial charge in [0.15, 0.2) is 11.5 Å². The number of rotatable bonds is 7. The smallest absolute Gasteiger partial charge is 0.273 e. The van der Waals surface area contributed by atoms with Crippen LogP contribution >= 0.6 is 0 Å². The number of aromatic nitrogens is 2. The Morgan fingerprint density at radius 1 is 1.00 bits per heavy atom. The lowest BCUT2D eigenvalue weighted by molar-refractivity contribution is -0.129. The number of carbonyl (C=O) groups excluding carboxylic acids is 2. The average molecular weight is 568 g/mol. The molecule has 2 aliphatic carbocycles. The van der Waals surface area contributed by atoms with Crippen LogP contribution in [0.4, 0.5) is 13.2 Å². The van der Waals surface area contributed by atoms with Crippen LogP contribution in [0.2, 0.25) is 0 Å². The van der Waals surface area contributed by atoms with E-state index in [-0.39, 0.29) is 17.4 Å². The first-order valence-corrected chi connectivity index (χ1v) is 14.2. The molecule has 2 aromatic heterocycles. The molecule has 2 N–H and O–H groups in total. The van der Waals surface area contributed by atoms with Gasteiger partial charge in [0.1, 0.15) is 17.5 Å². The number of hydrogen-bond donors (Lipinski definition) is 2. The van der Waals surface area contributed by atoms with Crippen LogP contribution < -0.4 is 10.6 Å². The Hall–Kier alpha value is -3.73. The number of carbonyl (C=O) groups is 2.